The van der Waals surface area contributed by atoms with Crippen LogP contribution in [-0.4, -0.2) is 19.7 Å². The van der Waals surface area contributed by atoms with Crippen molar-refractivity contribution in [1.29, 1.82) is 0 Å². The summed E-state index contributed by atoms with van der Waals surface area (Å²) in [6, 6.07) is 5.25. The van der Waals surface area contributed by atoms with Crippen molar-refractivity contribution in [3.8, 4) is 5.69 Å². The number of aromatic amines is 1. The van der Waals surface area contributed by atoms with Gasteiger partial charge in [-0.2, -0.15) is 5.10 Å². The molecule has 1 aromatic carbocycles. The Morgan fingerprint density at radius 1 is 1.21 bits per heavy atom. The number of aromatic nitrogens is 4. The van der Waals surface area contributed by atoms with Gasteiger partial charge in [0.1, 0.15) is 16.9 Å². The SMILES string of the molecule is O=c1[nH]c(CC2CCCC2)nc2c1cnn2-c1c(Cl)cccc1Cl. The summed E-state index contributed by atoms with van der Waals surface area (Å²) in [5.41, 5.74) is 0.852. The van der Waals surface area contributed by atoms with Crippen molar-refractivity contribution in [2.45, 2.75) is 32.1 Å². The van der Waals surface area contributed by atoms with E-state index in [-0.39, 0.29) is 5.56 Å². The highest BCUT2D eigenvalue weighted by Gasteiger charge is 2.19. The highest BCUT2D eigenvalue weighted by atomic mass is 35.5. The molecule has 1 aliphatic rings. The minimum absolute atomic E-state index is 0.178. The van der Waals surface area contributed by atoms with Crippen molar-refractivity contribution < 1.29 is 0 Å². The van der Waals surface area contributed by atoms with E-state index in [0.29, 0.717) is 38.5 Å². The summed E-state index contributed by atoms with van der Waals surface area (Å²) < 4.78 is 1.55. The number of H-pyrrole nitrogens is 1. The molecule has 0 radical (unpaired) electrons. The lowest BCUT2D eigenvalue weighted by Crippen LogP contribution is -2.14. The first-order valence-electron chi connectivity index (χ1n) is 8.05. The molecule has 0 amide bonds. The lowest BCUT2D eigenvalue weighted by molar-refractivity contribution is 0.530. The molecule has 0 unspecified atom stereocenters. The van der Waals surface area contributed by atoms with Crippen LogP contribution in [-0.2, 0) is 6.42 Å². The lowest BCUT2D eigenvalue weighted by Gasteiger charge is -2.10. The number of hydrogen-bond acceptors (Lipinski definition) is 3. The Balaban J connectivity index is 1.85. The van der Waals surface area contributed by atoms with Gasteiger partial charge in [-0.3, -0.25) is 4.79 Å². The van der Waals surface area contributed by atoms with Crippen LogP contribution in [0.3, 0.4) is 0 Å². The number of halogens is 2. The fraction of sp³-hybridized carbons (Fsp3) is 0.353. The Bertz CT molecular complexity index is 937. The van der Waals surface area contributed by atoms with Crippen molar-refractivity contribution >= 4 is 34.2 Å². The van der Waals surface area contributed by atoms with Gasteiger partial charge in [0.05, 0.1) is 16.2 Å². The van der Waals surface area contributed by atoms with Gasteiger partial charge in [-0.05, 0) is 18.1 Å². The maximum absolute atomic E-state index is 12.4. The maximum atomic E-state index is 12.4. The molecule has 1 aliphatic carbocycles. The highest BCUT2D eigenvalue weighted by Crippen LogP contribution is 2.30. The molecular formula is C17H16Cl2N4O. The Labute approximate surface area is 148 Å². The van der Waals surface area contributed by atoms with Gasteiger partial charge in [-0.25, -0.2) is 9.67 Å². The summed E-state index contributed by atoms with van der Waals surface area (Å²) in [4.78, 5) is 19.9. The van der Waals surface area contributed by atoms with Crippen LogP contribution in [0.25, 0.3) is 16.7 Å². The van der Waals surface area contributed by atoms with Crippen molar-refractivity contribution in [3.63, 3.8) is 0 Å². The monoisotopic (exact) mass is 362 g/mol. The van der Waals surface area contributed by atoms with E-state index in [1.165, 1.54) is 31.9 Å². The molecule has 1 fully saturated rings. The highest BCUT2D eigenvalue weighted by molar-refractivity contribution is 6.37. The molecule has 7 heteroatoms. The Hall–Kier alpha value is -1.85. The van der Waals surface area contributed by atoms with Gasteiger partial charge in [0.2, 0.25) is 0 Å². The molecule has 4 rings (SSSR count). The zero-order valence-corrected chi connectivity index (χ0v) is 14.4. The standard InChI is InChI=1S/C17H16Cl2N4O/c18-12-6-3-7-13(19)15(12)23-16-11(9-20-23)17(24)22-14(21-16)8-10-4-1-2-5-10/h3,6-7,9-10H,1-2,4-5,8H2,(H,21,22,24). The van der Waals surface area contributed by atoms with E-state index in [2.05, 4.69) is 15.1 Å². The van der Waals surface area contributed by atoms with Gasteiger partial charge in [-0.15, -0.1) is 0 Å². The molecule has 0 atom stereocenters. The van der Waals surface area contributed by atoms with Crippen molar-refractivity contribution in [2.24, 2.45) is 5.92 Å². The molecule has 124 valence electrons. The number of fused-ring (bicyclic) bond motifs is 1. The lowest BCUT2D eigenvalue weighted by atomic mass is 10.0. The van der Waals surface area contributed by atoms with Crippen LogP contribution in [0.15, 0.2) is 29.2 Å². The number of hydrogen-bond donors (Lipinski definition) is 1. The first-order valence-corrected chi connectivity index (χ1v) is 8.80. The fourth-order valence-electron chi connectivity index (χ4n) is 3.40. The van der Waals surface area contributed by atoms with Crippen LogP contribution in [0.2, 0.25) is 10.0 Å². The van der Waals surface area contributed by atoms with Gasteiger partial charge in [0, 0.05) is 6.42 Å². The summed E-state index contributed by atoms with van der Waals surface area (Å²) in [6.07, 6.45) is 7.18. The molecule has 2 heterocycles. The van der Waals surface area contributed by atoms with E-state index in [4.69, 9.17) is 23.2 Å². The van der Waals surface area contributed by atoms with E-state index in [1.807, 2.05) is 0 Å². The minimum atomic E-state index is -0.178. The van der Waals surface area contributed by atoms with E-state index in [1.54, 1.807) is 22.9 Å². The summed E-state index contributed by atoms with van der Waals surface area (Å²) in [7, 11) is 0. The molecule has 5 nitrogen and oxygen atoms in total. The molecule has 0 bridgehead atoms. The molecule has 0 aliphatic heterocycles. The Morgan fingerprint density at radius 2 is 1.92 bits per heavy atom. The topological polar surface area (TPSA) is 63.6 Å². The average molecular weight is 363 g/mol. The summed E-state index contributed by atoms with van der Waals surface area (Å²) in [5.74, 6) is 1.29. The fourth-order valence-corrected chi connectivity index (χ4v) is 3.96. The molecule has 3 aromatic rings. The van der Waals surface area contributed by atoms with Crippen LogP contribution < -0.4 is 5.56 Å². The molecule has 24 heavy (non-hydrogen) atoms. The first-order chi connectivity index (χ1) is 11.6. The summed E-state index contributed by atoms with van der Waals surface area (Å²) in [6.45, 7) is 0. The molecule has 0 saturated heterocycles. The second-order valence-electron chi connectivity index (χ2n) is 6.23. The molecule has 1 saturated carbocycles. The Morgan fingerprint density at radius 3 is 2.62 bits per heavy atom. The zero-order chi connectivity index (χ0) is 16.7. The first kappa shape index (κ1) is 15.7. The maximum Gasteiger partial charge on any atom is 0.262 e. The number of benzene rings is 1. The van der Waals surface area contributed by atoms with Gasteiger partial charge < -0.3 is 4.98 Å². The number of nitrogens with one attached hydrogen (secondary N) is 1. The third kappa shape index (κ3) is 2.72. The van der Waals surface area contributed by atoms with Crippen LogP contribution in [0, 0.1) is 5.92 Å². The zero-order valence-electron chi connectivity index (χ0n) is 12.9. The third-order valence-electron chi connectivity index (χ3n) is 4.59. The predicted molar refractivity (Wildman–Crippen MR) is 95.2 cm³/mol. The Kier molecular flexibility index (Phi) is 4.06. The van der Waals surface area contributed by atoms with Crippen molar-refractivity contribution in [1.82, 2.24) is 19.7 Å². The molecule has 1 N–H and O–H groups in total. The van der Waals surface area contributed by atoms with Gasteiger partial charge >= 0.3 is 0 Å². The minimum Gasteiger partial charge on any atom is -0.310 e. The van der Waals surface area contributed by atoms with Crippen LogP contribution in [0.1, 0.15) is 31.5 Å². The summed E-state index contributed by atoms with van der Waals surface area (Å²) in [5, 5.41) is 5.65. The number of rotatable bonds is 3. The van der Waals surface area contributed by atoms with Gasteiger partial charge in [0.15, 0.2) is 5.65 Å². The molecule has 0 spiro atoms. The number of nitrogens with zero attached hydrogens (tertiary/aromatic N) is 3. The third-order valence-corrected chi connectivity index (χ3v) is 5.20. The number of para-hydroxylation sites is 1. The second kappa shape index (κ2) is 6.22. The van der Waals surface area contributed by atoms with Crippen LogP contribution in [0.5, 0.6) is 0 Å². The van der Waals surface area contributed by atoms with Crippen LogP contribution >= 0.6 is 23.2 Å². The second-order valence-corrected chi connectivity index (χ2v) is 7.05. The molecular weight excluding hydrogens is 347 g/mol. The molecule has 2 aromatic heterocycles. The summed E-state index contributed by atoms with van der Waals surface area (Å²) >= 11 is 12.6. The average Bonchev–Trinajstić information content (AvgIpc) is 3.18. The van der Waals surface area contributed by atoms with Gasteiger partial charge in [0.25, 0.3) is 5.56 Å². The van der Waals surface area contributed by atoms with E-state index < -0.39 is 0 Å². The van der Waals surface area contributed by atoms with E-state index >= 15 is 0 Å². The van der Waals surface area contributed by atoms with Crippen LogP contribution in [0.4, 0.5) is 0 Å². The quantitative estimate of drug-likeness (QED) is 0.760. The van der Waals surface area contributed by atoms with Crippen molar-refractivity contribution in [2.75, 3.05) is 0 Å². The normalized spacial score (nSPS) is 15.4. The smallest absolute Gasteiger partial charge is 0.262 e. The predicted octanol–water partition coefficient (Wildman–Crippen LogP) is 4.15. The largest absolute Gasteiger partial charge is 0.310 e. The van der Waals surface area contributed by atoms with E-state index in [0.717, 1.165) is 6.42 Å². The van der Waals surface area contributed by atoms with E-state index in [9.17, 15) is 4.79 Å². The van der Waals surface area contributed by atoms with Gasteiger partial charge in [-0.1, -0.05) is 55.0 Å². The van der Waals surface area contributed by atoms with Crippen molar-refractivity contribution in [3.05, 3.63) is 50.6 Å².